The Bertz CT molecular complexity index is 626. The van der Waals surface area contributed by atoms with Crippen LogP contribution in [0.2, 0.25) is 0 Å². The van der Waals surface area contributed by atoms with E-state index in [1.165, 1.54) is 0 Å². The molecule has 1 aliphatic rings. The van der Waals surface area contributed by atoms with Gasteiger partial charge in [-0.25, -0.2) is 4.98 Å². The molecule has 0 saturated carbocycles. The Hall–Kier alpha value is -2.21. The second-order valence-electron chi connectivity index (χ2n) is 5.48. The predicted octanol–water partition coefficient (Wildman–Crippen LogP) is 1.56. The number of H-pyrrole nitrogens is 1. The van der Waals surface area contributed by atoms with Crippen molar-refractivity contribution in [3.8, 4) is 11.4 Å². The van der Waals surface area contributed by atoms with Gasteiger partial charge in [0.25, 0.3) is 0 Å². The van der Waals surface area contributed by atoms with Crippen LogP contribution in [0.15, 0.2) is 30.3 Å². The van der Waals surface area contributed by atoms with Crippen LogP contribution < -0.4 is 5.32 Å². The molecule has 0 aliphatic carbocycles. The van der Waals surface area contributed by atoms with Gasteiger partial charge in [-0.2, -0.15) is 5.10 Å². The Balaban J connectivity index is 1.50. The number of nitrogens with zero attached hydrogens (tertiary/aromatic N) is 2. The van der Waals surface area contributed by atoms with E-state index in [2.05, 4.69) is 20.5 Å². The van der Waals surface area contributed by atoms with E-state index in [1.54, 1.807) is 0 Å². The SMILES string of the molecule is C[C@H]1OCC[C@@H]1C(=O)NCCc1nc(-c2ccccc2)n[nH]1. The topological polar surface area (TPSA) is 79.9 Å². The second-order valence-corrected chi connectivity index (χ2v) is 5.48. The zero-order valence-corrected chi connectivity index (χ0v) is 12.6. The number of hydrogen-bond donors (Lipinski definition) is 2. The molecule has 0 spiro atoms. The molecule has 1 aromatic heterocycles. The molecule has 6 nitrogen and oxygen atoms in total. The molecule has 2 atom stereocenters. The first-order valence-electron chi connectivity index (χ1n) is 7.60. The van der Waals surface area contributed by atoms with E-state index >= 15 is 0 Å². The highest BCUT2D eigenvalue weighted by Crippen LogP contribution is 2.20. The Morgan fingerprint density at radius 2 is 2.23 bits per heavy atom. The van der Waals surface area contributed by atoms with Crippen molar-refractivity contribution >= 4 is 5.91 Å². The van der Waals surface area contributed by atoms with Crippen LogP contribution >= 0.6 is 0 Å². The van der Waals surface area contributed by atoms with E-state index in [0.717, 1.165) is 17.8 Å². The minimum atomic E-state index is -0.0328. The van der Waals surface area contributed by atoms with Crippen LogP contribution in [0.1, 0.15) is 19.2 Å². The number of carbonyl (C=O) groups is 1. The summed E-state index contributed by atoms with van der Waals surface area (Å²) < 4.78 is 5.41. The van der Waals surface area contributed by atoms with Crippen LogP contribution in [-0.4, -0.2) is 40.3 Å². The maximum absolute atomic E-state index is 12.0. The maximum Gasteiger partial charge on any atom is 0.225 e. The molecule has 1 fully saturated rings. The smallest absolute Gasteiger partial charge is 0.225 e. The van der Waals surface area contributed by atoms with Crippen molar-refractivity contribution in [2.24, 2.45) is 5.92 Å². The first kappa shape index (κ1) is 14.7. The van der Waals surface area contributed by atoms with E-state index in [4.69, 9.17) is 4.74 Å². The van der Waals surface area contributed by atoms with Crippen molar-refractivity contribution in [2.75, 3.05) is 13.2 Å². The highest BCUT2D eigenvalue weighted by Gasteiger charge is 2.30. The average molecular weight is 300 g/mol. The van der Waals surface area contributed by atoms with Gasteiger partial charge in [0.05, 0.1) is 12.0 Å². The fraction of sp³-hybridized carbons (Fsp3) is 0.438. The summed E-state index contributed by atoms with van der Waals surface area (Å²) in [6.45, 7) is 3.16. The summed E-state index contributed by atoms with van der Waals surface area (Å²) in [5.41, 5.74) is 0.978. The molecule has 0 unspecified atom stereocenters. The molecule has 116 valence electrons. The summed E-state index contributed by atoms with van der Waals surface area (Å²) in [5.74, 6) is 1.48. The molecule has 1 aliphatic heterocycles. The Morgan fingerprint density at radius 1 is 1.41 bits per heavy atom. The molecule has 0 radical (unpaired) electrons. The lowest BCUT2D eigenvalue weighted by molar-refractivity contribution is -0.126. The van der Waals surface area contributed by atoms with E-state index in [-0.39, 0.29) is 17.9 Å². The van der Waals surface area contributed by atoms with Gasteiger partial charge < -0.3 is 10.1 Å². The van der Waals surface area contributed by atoms with Gasteiger partial charge in [-0.15, -0.1) is 0 Å². The number of amides is 1. The number of nitrogens with one attached hydrogen (secondary N) is 2. The monoisotopic (exact) mass is 300 g/mol. The Kier molecular flexibility index (Phi) is 4.48. The van der Waals surface area contributed by atoms with Gasteiger partial charge in [0.1, 0.15) is 5.82 Å². The standard InChI is InChI=1S/C16H20N4O2/c1-11-13(8-10-22-11)16(21)17-9-7-14-18-15(20-19-14)12-5-3-2-4-6-12/h2-6,11,13H,7-10H2,1H3,(H,17,21)(H,18,19,20)/t11-,13+/m1/s1. The number of ether oxygens (including phenoxy) is 1. The van der Waals surface area contributed by atoms with Gasteiger partial charge in [0.2, 0.25) is 5.91 Å². The molecule has 1 saturated heterocycles. The highest BCUT2D eigenvalue weighted by molar-refractivity contribution is 5.79. The molecule has 6 heteroatoms. The van der Waals surface area contributed by atoms with Gasteiger partial charge in [-0.1, -0.05) is 30.3 Å². The molecule has 3 rings (SSSR count). The molecular weight excluding hydrogens is 280 g/mol. The van der Waals surface area contributed by atoms with E-state index in [1.807, 2.05) is 37.3 Å². The van der Waals surface area contributed by atoms with Crippen LogP contribution in [0.3, 0.4) is 0 Å². The van der Waals surface area contributed by atoms with Gasteiger partial charge >= 0.3 is 0 Å². The largest absolute Gasteiger partial charge is 0.378 e. The van der Waals surface area contributed by atoms with Crippen LogP contribution in [0.5, 0.6) is 0 Å². The van der Waals surface area contributed by atoms with Gasteiger partial charge in [-0.05, 0) is 13.3 Å². The van der Waals surface area contributed by atoms with E-state index < -0.39 is 0 Å². The number of hydrogen-bond acceptors (Lipinski definition) is 4. The van der Waals surface area contributed by atoms with Gasteiger partial charge in [-0.3, -0.25) is 9.89 Å². The summed E-state index contributed by atoms with van der Waals surface area (Å²) >= 11 is 0. The summed E-state index contributed by atoms with van der Waals surface area (Å²) in [7, 11) is 0. The third-order valence-corrected chi connectivity index (χ3v) is 3.94. The number of rotatable bonds is 5. The summed E-state index contributed by atoms with van der Waals surface area (Å²) in [6.07, 6.45) is 1.44. The summed E-state index contributed by atoms with van der Waals surface area (Å²) in [6, 6.07) is 9.81. The average Bonchev–Trinajstić information content (AvgIpc) is 3.17. The zero-order valence-electron chi connectivity index (χ0n) is 12.6. The number of benzene rings is 1. The van der Waals surface area contributed by atoms with Crippen molar-refractivity contribution in [1.29, 1.82) is 0 Å². The van der Waals surface area contributed by atoms with Crippen molar-refractivity contribution in [3.63, 3.8) is 0 Å². The van der Waals surface area contributed by atoms with Gasteiger partial charge in [0.15, 0.2) is 5.82 Å². The van der Waals surface area contributed by atoms with Gasteiger partial charge in [0, 0.05) is 25.1 Å². The third-order valence-electron chi connectivity index (χ3n) is 3.94. The number of aromatic amines is 1. The molecule has 0 bridgehead atoms. The number of aromatic nitrogens is 3. The third kappa shape index (κ3) is 3.33. The minimum Gasteiger partial charge on any atom is -0.378 e. The van der Waals surface area contributed by atoms with Crippen molar-refractivity contribution in [1.82, 2.24) is 20.5 Å². The van der Waals surface area contributed by atoms with E-state index in [0.29, 0.717) is 25.4 Å². The fourth-order valence-electron chi connectivity index (χ4n) is 2.63. The highest BCUT2D eigenvalue weighted by atomic mass is 16.5. The first-order chi connectivity index (χ1) is 10.7. The predicted molar refractivity (Wildman–Crippen MR) is 82.1 cm³/mol. The van der Waals surface area contributed by atoms with Crippen LogP contribution in [0.4, 0.5) is 0 Å². The van der Waals surface area contributed by atoms with Crippen molar-refractivity contribution in [3.05, 3.63) is 36.2 Å². The maximum atomic E-state index is 12.0. The summed E-state index contributed by atoms with van der Waals surface area (Å²) in [5, 5.41) is 10.1. The molecule has 2 N–H and O–H groups in total. The van der Waals surface area contributed by atoms with Crippen LogP contribution in [-0.2, 0) is 16.0 Å². The van der Waals surface area contributed by atoms with Crippen molar-refractivity contribution in [2.45, 2.75) is 25.9 Å². The quantitative estimate of drug-likeness (QED) is 0.878. The normalized spacial score (nSPS) is 21.0. The number of carbonyl (C=O) groups excluding carboxylic acids is 1. The Labute approximate surface area is 129 Å². The Morgan fingerprint density at radius 3 is 2.95 bits per heavy atom. The zero-order chi connectivity index (χ0) is 15.4. The van der Waals surface area contributed by atoms with E-state index in [9.17, 15) is 4.79 Å². The lowest BCUT2D eigenvalue weighted by atomic mass is 10.0. The molecule has 1 amide bonds. The van der Waals surface area contributed by atoms with Crippen LogP contribution in [0, 0.1) is 5.92 Å². The van der Waals surface area contributed by atoms with Crippen molar-refractivity contribution < 1.29 is 9.53 Å². The molecule has 22 heavy (non-hydrogen) atoms. The lowest BCUT2D eigenvalue weighted by Gasteiger charge is -2.13. The lowest BCUT2D eigenvalue weighted by Crippen LogP contribution is -2.35. The molecule has 2 aromatic rings. The minimum absolute atomic E-state index is 0.00922. The molecule has 2 heterocycles. The summed E-state index contributed by atoms with van der Waals surface area (Å²) in [4.78, 5) is 16.5. The first-order valence-corrected chi connectivity index (χ1v) is 7.60. The van der Waals surface area contributed by atoms with Crippen LogP contribution in [0.25, 0.3) is 11.4 Å². The fourth-order valence-corrected chi connectivity index (χ4v) is 2.63. The second kappa shape index (κ2) is 6.70. The molecular formula is C16H20N4O2. The molecule has 1 aromatic carbocycles.